The van der Waals surface area contributed by atoms with E-state index >= 15 is 0 Å². The Morgan fingerprint density at radius 3 is 2.70 bits per heavy atom. The highest BCUT2D eigenvalue weighted by atomic mass is 16.5. The summed E-state index contributed by atoms with van der Waals surface area (Å²) in [6.07, 6.45) is 4.45. The molecule has 1 saturated carbocycles. The van der Waals surface area contributed by atoms with Crippen molar-refractivity contribution >= 4 is 0 Å². The molecule has 0 bridgehead atoms. The van der Waals surface area contributed by atoms with Gasteiger partial charge in [-0.3, -0.25) is 0 Å². The van der Waals surface area contributed by atoms with E-state index in [0.717, 1.165) is 24.5 Å². The van der Waals surface area contributed by atoms with Gasteiger partial charge in [-0.05, 0) is 44.6 Å². The normalized spacial score (nSPS) is 17.8. The van der Waals surface area contributed by atoms with E-state index in [4.69, 9.17) is 4.74 Å². The molecule has 1 fully saturated rings. The van der Waals surface area contributed by atoms with Crippen LogP contribution in [0.25, 0.3) is 0 Å². The van der Waals surface area contributed by atoms with Crippen molar-refractivity contribution in [3.8, 4) is 5.75 Å². The second-order valence-corrected chi connectivity index (χ2v) is 5.83. The summed E-state index contributed by atoms with van der Waals surface area (Å²) in [5, 5.41) is 13.0. The summed E-state index contributed by atoms with van der Waals surface area (Å²) < 4.78 is 5.51. The second kappa shape index (κ2) is 7.09. The van der Waals surface area contributed by atoms with Gasteiger partial charge in [0.05, 0.1) is 7.11 Å². The van der Waals surface area contributed by atoms with Crippen LogP contribution >= 0.6 is 0 Å². The van der Waals surface area contributed by atoms with Crippen LogP contribution in [0.3, 0.4) is 0 Å². The maximum Gasteiger partial charge on any atom is 0.123 e. The van der Waals surface area contributed by atoms with Crippen LogP contribution in [0.4, 0.5) is 0 Å². The van der Waals surface area contributed by atoms with Gasteiger partial charge >= 0.3 is 0 Å². The molecule has 2 unspecified atom stereocenters. The molecule has 2 N–H and O–H groups in total. The third kappa shape index (κ3) is 3.74. The van der Waals surface area contributed by atoms with Crippen molar-refractivity contribution in [2.24, 2.45) is 5.92 Å². The number of nitrogens with one attached hydrogen (secondary N) is 1. The van der Waals surface area contributed by atoms with Gasteiger partial charge in [0.1, 0.15) is 5.75 Å². The van der Waals surface area contributed by atoms with E-state index in [1.807, 2.05) is 6.07 Å². The van der Waals surface area contributed by atoms with Crippen molar-refractivity contribution in [1.82, 2.24) is 5.32 Å². The lowest BCUT2D eigenvalue weighted by molar-refractivity contribution is 0.246. The first-order valence-corrected chi connectivity index (χ1v) is 7.71. The second-order valence-electron chi connectivity index (χ2n) is 5.83. The molecule has 3 heteroatoms. The molecule has 0 radical (unpaired) electrons. The monoisotopic (exact) mass is 277 g/mol. The van der Waals surface area contributed by atoms with Crippen LogP contribution in [0.2, 0.25) is 0 Å². The zero-order valence-electron chi connectivity index (χ0n) is 12.9. The van der Waals surface area contributed by atoms with E-state index in [0.29, 0.717) is 12.1 Å². The first kappa shape index (κ1) is 15.3. The van der Waals surface area contributed by atoms with E-state index in [1.54, 1.807) is 7.11 Å². The van der Waals surface area contributed by atoms with Gasteiger partial charge in [-0.1, -0.05) is 24.6 Å². The quantitative estimate of drug-likeness (QED) is 0.766. The molecule has 2 rings (SSSR count). The number of ether oxygens (including phenoxy) is 1. The van der Waals surface area contributed by atoms with E-state index in [1.165, 1.54) is 24.0 Å². The molecule has 0 heterocycles. The van der Waals surface area contributed by atoms with Crippen LogP contribution in [-0.2, 0) is 0 Å². The van der Waals surface area contributed by atoms with Crippen LogP contribution in [0, 0.1) is 12.8 Å². The van der Waals surface area contributed by atoms with Gasteiger partial charge in [0.15, 0.2) is 0 Å². The molecule has 0 aromatic heterocycles. The van der Waals surface area contributed by atoms with Crippen molar-refractivity contribution in [3.63, 3.8) is 0 Å². The fraction of sp³-hybridized carbons (Fsp3) is 0.647. The molecule has 2 atom stereocenters. The van der Waals surface area contributed by atoms with Crippen molar-refractivity contribution in [2.75, 3.05) is 13.7 Å². The van der Waals surface area contributed by atoms with Gasteiger partial charge in [0.25, 0.3) is 0 Å². The Balaban J connectivity index is 2.16. The predicted molar refractivity (Wildman–Crippen MR) is 82.1 cm³/mol. The first-order valence-electron chi connectivity index (χ1n) is 7.71. The molecule has 0 saturated heterocycles. The molecule has 1 aromatic carbocycles. The Morgan fingerprint density at radius 2 is 2.15 bits per heavy atom. The Labute approximate surface area is 122 Å². The number of methoxy groups -OCH3 is 1. The minimum atomic E-state index is 0.259. The SMILES string of the molecule is CCC(NC(CCO)C1CC1)c1cc(C)ccc1OC. The van der Waals surface area contributed by atoms with Crippen LogP contribution in [-0.4, -0.2) is 24.9 Å². The number of rotatable bonds is 8. The summed E-state index contributed by atoms with van der Waals surface area (Å²) in [5.41, 5.74) is 2.49. The van der Waals surface area contributed by atoms with Crippen molar-refractivity contribution < 1.29 is 9.84 Å². The van der Waals surface area contributed by atoms with Gasteiger partial charge in [-0.2, -0.15) is 0 Å². The number of aliphatic hydroxyl groups is 1. The molecule has 3 nitrogen and oxygen atoms in total. The van der Waals surface area contributed by atoms with Crippen molar-refractivity contribution in [3.05, 3.63) is 29.3 Å². The van der Waals surface area contributed by atoms with Crippen molar-refractivity contribution in [2.45, 2.75) is 51.6 Å². The highest BCUT2D eigenvalue weighted by Gasteiger charge is 2.32. The average Bonchev–Trinajstić information content (AvgIpc) is 3.28. The number of benzene rings is 1. The van der Waals surface area contributed by atoms with Gasteiger partial charge in [-0.25, -0.2) is 0 Å². The number of aryl methyl sites for hydroxylation is 1. The van der Waals surface area contributed by atoms with Gasteiger partial charge < -0.3 is 15.2 Å². The number of hydrogen-bond acceptors (Lipinski definition) is 3. The molecule has 20 heavy (non-hydrogen) atoms. The molecule has 112 valence electrons. The van der Waals surface area contributed by atoms with Crippen LogP contribution in [0.5, 0.6) is 5.75 Å². The Kier molecular flexibility index (Phi) is 5.44. The smallest absolute Gasteiger partial charge is 0.123 e. The lowest BCUT2D eigenvalue weighted by atomic mass is 9.98. The summed E-state index contributed by atoms with van der Waals surface area (Å²) in [4.78, 5) is 0. The zero-order chi connectivity index (χ0) is 14.5. The predicted octanol–water partition coefficient (Wildman–Crippen LogP) is 3.21. The zero-order valence-corrected chi connectivity index (χ0v) is 12.9. The minimum absolute atomic E-state index is 0.259. The lowest BCUT2D eigenvalue weighted by Crippen LogP contribution is -2.35. The molecular weight excluding hydrogens is 250 g/mol. The summed E-state index contributed by atoms with van der Waals surface area (Å²) in [6.45, 7) is 4.57. The van der Waals surface area contributed by atoms with E-state index < -0.39 is 0 Å². The lowest BCUT2D eigenvalue weighted by Gasteiger charge is -2.26. The summed E-state index contributed by atoms with van der Waals surface area (Å²) in [7, 11) is 1.73. The maximum absolute atomic E-state index is 9.25. The summed E-state index contributed by atoms with van der Waals surface area (Å²) in [5.74, 6) is 1.69. The van der Waals surface area contributed by atoms with E-state index in [9.17, 15) is 5.11 Å². The summed E-state index contributed by atoms with van der Waals surface area (Å²) in [6, 6.07) is 7.06. The molecule has 1 aliphatic carbocycles. The Hall–Kier alpha value is -1.06. The standard InChI is InChI=1S/C17H27NO2/c1-4-15(18-16(9-10-19)13-6-7-13)14-11-12(2)5-8-17(14)20-3/h5,8,11,13,15-16,18-19H,4,6-7,9-10H2,1-3H3. The third-order valence-electron chi connectivity index (χ3n) is 4.22. The molecular formula is C17H27NO2. The first-order chi connectivity index (χ1) is 9.69. The molecule has 0 amide bonds. The van der Waals surface area contributed by atoms with Crippen LogP contribution < -0.4 is 10.1 Å². The molecule has 1 aliphatic rings. The molecule has 1 aromatic rings. The maximum atomic E-state index is 9.25. The third-order valence-corrected chi connectivity index (χ3v) is 4.22. The van der Waals surface area contributed by atoms with Gasteiger partial charge in [0, 0.05) is 24.3 Å². The Bertz CT molecular complexity index is 429. The van der Waals surface area contributed by atoms with Crippen LogP contribution in [0.1, 0.15) is 49.8 Å². The highest BCUT2D eigenvalue weighted by Crippen LogP contribution is 2.36. The van der Waals surface area contributed by atoms with E-state index in [2.05, 4.69) is 31.3 Å². The van der Waals surface area contributed by atoms with Gasteiger partial charge in [-0.15, -0.1) is 0 Å². The molecule has 0 aliphatic heterocycles. The van der Waals surface area contributed by atoms with Gasteiger partial charge in [0.2, 0.25) is 0 Å². The fourth-order valence-electron chi connectivity index (χ4n) is 2.90. The van der Waals surface area contributed by atoms with Crippen LogP contribution in [0.15, 0.2) is 18.2 Å². The minimum Gasteiger partial charge on any atom is -0.496 e. The Morgan fingerprint density at radius 1 is 1.40 bits per heavy atom. The number of hydrogen-bond donors (Lipinski definition) is 2. The van der Waals surface area contributed by atoms with Crippen molar-refractivity contribution in [1.29, 1.82) is 0 Å². The number of aliphatic hydroxyl groups excluding tert-OH is 1. The highest BCUT2D eigenvalue weighted by molar-refractivity contribution is 5.39. The summed E-state index contributed by atoms with van der Waals surface area (Å²) >= 11 is 0. The fourth-order valence-corrected chi connectivity index (χ4v) is 2.90. The average molecular weight is 277 g/mol. The largest absolute Gasteiger partial charge is 0.496 e. The van der Waals surface area contributed by atoms with E-state index in [-0.39, 0.29) is 6.61 Å². The molecule has 0 spiro atoms. The topological polar surface area (TPSA) is 41.5 Å².